The van der Waals surface area contributed by atoms with E-state index in [-0.39, 0.29) is 28.0 Å². The van der Waals surface area contributed by atoms with Crippen molar-refractivity contribution in [2.24, 2.45) is 0 Å². The van der Waals surface area contributed by atoms with Crippen molar-refractivity contribution in [1.29, 1.82) is 0 Å². The fraction of sp³-hybridized carbons (Fsp3) is 0.269. The van der Waals surface area contributed by atoms with Crippen LogP contribution >= 0.6 is 27.5 Å². The summed E-state index contributed by atoms with van der Waals surface area (Å²) in [6.45, 7) is 1.93. The minimum absolute atomic E-state index is 0.0692. The fourth-order valence-corrected chi connectivity index (χ4v) is 4.88. The van der Waals surface area contributed by atoms with Crippen molar-refractivity contribution in [1.82, 2.24) is 10.6 Å². The second kappa shape index (κ2) is 13.2. The molecule has 0 saturated carbocycles. The number of ether oxygens (including phenoxy) is 1. The van der Waals surface area contributed by atoms with Crippen LogP contribution in [0.15, 0.2) is 70.0 Å². The van der Waals surface area contributed by atoms with Gasteiger partial charge in [-0.25, -0.2) is 8.42 Å². The Hall–Kier alpha value is -2.43. The Bertz CT molecular complexity index is 1320. The third-order valence-electron chi connectivity index (χ3n) is 5.32. The van der Waals surface area contributed by atoms with Gasteiger partial charge in [-0.2, -0.15) is 0 Å². The van der Waals surface area contributed by atoms with Crippen molar-refractivity contribution >= 4 is 43.3 Å². The summed E-state index contributed by atoms with van der Waals surface area (Å²) in [6, 6.07) is 17.8. The maximum Gasteiger partial charge on any atom is 0.252 e. The molecule has 0 aliphatic heterocycles. The number of hydrogen-bond donors (Lipinski definition) is 3. The van der Waals surface area contributed by atoms with Gasteiger partial charge in [0.15, 0.2) is 9.84 Å². The van der Waals surface area contributed by atoms with Crippen molar-refractivity contribution in [3.63, 3.8) is 0 Å². The van der Waals surface area contributed by atoms with Crippen LogP contribution in [0.1, 0.15) is 27.0 Å². The van der Waals surface area contributed by atoms with Crippen LogP contribution in [0.3, 0.4) is 0 Å². The first-order chi connectivity index (χ1) is 17.2. The molecule has 1 amide bonds. The number of carbonyl (C=O) groups excluding carboxylic acids is 1. The van der Waals surface area contributed by atoms with Crippen molar-refractivity contribution in [2.45, 2.75) is 24.5 Å². The van der Waals surface area contributed by atoms with Gasteiger partial charge in [0.25, 0.3) is 5.91 Å². The van der Waals surface area contributed by atoms with Gasteiger partial charge in [-0.3, -0.25) is 4.79 Å². The molecule has 36 heavy (non-hydrogen) atoms. The smallest absolute Gasteiger partial charge is 0.252 e. The van der Waals surface area contributed by atoms with Crippen molar-refractivity contribution in [3.05, 3.63) is 92.4 Å². The van der Waals surface area contributed by atoms with E-state index in [1.54, 1.807) is 0 Å². The van der Waals surface area contributed by atoms with E-state index in [1.165, 1.54) is 18.2 Å². The van der Waals surface area contributed by atoms with E-state index in [0.29, 0.717) is 32.7 Å². The lowest BCUT2D eigenvalue weighted by molar-refractivity contribution is 0.0954. The van der Waals surface area contributed by atoms with E-state index in [9.17, 15) is 13.2 Å². The zero-order chi connectivity index (χ0) is 26.1. The molecule has 3 aromatic rings. The van der Waals surface area contributed by atoms with Crippen LogP contribution in [-0.4, -0.2) is 45.4 Å². The number of halogens is 2. The number of benzene rings is 3. The summed E-state index contributed by atoms with van der Waals surface area (Å²) >= 11 is 9.61. The van der Waals surface area contributed by atoms with Crippen LogP contribution in [0, 0.1) is 0 Å². The predicted molar refractivity (Wildman–Crippen MR) is 144 cm³/mol. The Kier molecular flexibility index (Phi) is 10.3. The number of sulfone groups is 1. The molecule has 0 bridgehead atoms. The van der Waals surface area contributed by atoms with Gasteiger partial charge < -0.3 is 20.5 Å². The SMILES string of the molecule is CS(=O)(=O)c1ccc(C(=O)NCCc2cccc(COc3ccc(Br)cc3CNCCO)c2)c(Cl)c1. The minimum atomic E-state index is -3.40. The molecule has 3 aromatic carbocycles. The average Bonchev–Trinajstić information content (AvgIpc) is 2.83. The molecule has 0 aliphatic carbocycles. The molecule has 0 saturated heterocycles. The third kappa shape index (κ3) is 8.31. The number of rotatable bonds is 12. The molecular weight excluding hydrogens is 568 g/mol. The van der Waals surface area contributed by atoms with Gasteiger partial charge in [-0.1, -0.05) is 51.8 Å². The van der Waals surface area contributed by atoms with Crippen molar-refractivity contribution in [2.75, 3.05) is 26.0 Å². The van der Waals surface area contributed by atoms with Crippen molar-refractivity contribution in [3.8, 4) is 5.75 Å². The summed E-state index contributed by atoms with van der Waals surface area (Å²) in [5, 5.41) is 15.1. The van der Waals surface area contributed by atoms with Gasteiger partial charge in [0.1, 0.15) is 12.4 Å². The molecule has 0 aromatic heterocycles. The maximum absolute atomic E-state index is 12.5. The molecule has 0 spiro atoms. The average molecular weight is 596 g/mol. The highest BCUT2D eigenvalue weighted by molar-refractivity contribution is 9.10. The number of nitrogens with one attached hydrogen (secondary N) is 2. The first kappa shape index (κ1) is 28.1. The number of hydrogen-bond acceptors (Lipinski definition) is 6. The van der Waals surface area contributed by atoms with Crippen molar-refractivity contribution < 1.29 is 23.1 Å². The van der Waals surface area contributed by atoms with Gasteiger partial charge in [-0.15, -0.1) is 0 Å². The van der Waals surface area contributed by atoms with Crippen LogP contribution in [0.25, 0.3) is 0 Å². The third-order valence-corrected chi connectivity index (χ3v) is 7.24. The van der Waals surface area contributed by atoms with Gasteiger partial charge in [0, 0.05) is 35.9 Å². The first-order valence-corrected chi connectivity index (χ1v) is 14.3. The lowest BCUT2D eigenvalue weighted by Gasteiger charge is -2.13. The largest absolute Gasteiger partial charge is 0.489 e. The Morgan fingerprint density at radius 3 is 2.56 bits per heavy atom. The molecule has 7 nitrogen and oxygen atoms in total. The first-order valence-electron chi connectivity index (χ1n) is 11.3. The van der Waals surface area contributed by atoms with E-state index >= 15 is 0 Å². The molecule has 3 rings (SSSR count). The van der Waals surface area contributed by atoms with E-state index in [1.807, 2.05) is 42.5 Å². The zero-order valence-electron chi connectivity index (χ0n) is 19.8. The molecule has 0 heterocycles. The Morgan fingerprint density at radius 2 is 1.83 bits per heavy atom. The maximum atomic E-state index is 12.5. The van der Waals surface area contributed by atoms with E-state index < -0.39 is 9.84 Å². The quantitative estimate of drug-likeness (QED) is 0.272. The lowest BCUT2D eigenvalue weighted by Crippen LogP contribution is -2.26. The normalized spacial score (nSPS) is 11.3. The summed E-state index contributed by atoms with van der Waals surface area (Å²) in [4.78, 5) is 12.6. The second-order valence-corrected chi connectivity index (χ2v) is 11.5. The van der Waals surface area contributed by atoms with Crippen LogP contribution in [0.4, 0.5) is 0 Å². The Morgan fingerprint density at radius 1 is 1.06 bits per heavy atom. The number of amides is 1. The molecular formula is C26H28BrClN2O5S. The Labute approximate surface area is 224 Å². The zero-order valence-corrected chi connectivity index (χ0v) is 22.9. The Balaban J connectivity index is 1.56. The summed E-state index contributed by atoms with van der Waals surface area (Å²) in [5.74, 6) is 0.400. The molecule has 0 aliphatic rings. The highest BCUT2D eigenvalue weighted by Gasteiger charge is 2.14. The highest BCUT2D eigenvalue weighted by atomic mass is 79.9. The van der Waals surface area contributed by atoms with E-state index in [0.717, 1.165) is 33.2 Å². The van der Waals surface area contributed by atoms with E-state index in [2.05, 4.69) is 26.6 Å². The molecule has 0 atom stereocenters. The second-order valence-electron chi connectivity index (χ2n) is 8.18. The summed E-state index contributed by atoms with van der Waals surface area (Å²) < 4.78 is 30.3. The monoisotopic (exact) mass is 594 g/mol. The number of carbonyl (C=O) groups is 1. The topological polar surface area (TPSA) is 105 Å². The molecule has 192 valence electrons. The van der Waals surface area contributed by atoms with Gasteiger partial charge in [0.05, 0.1) is 22.1 Å². The molecule has 0 unspecified atom stereocenters. The van der Waals surface area contributed by atoms with Crippen LogP contribution in [0.2, 0.25) is 5.02 Å². The predicted octanol–water partition coefficient (Wildman–Crippen LogP) is 4.14. The van der Waals surface area contributed by atoms with Crippen LogP contribution in [0.5, 0.6) is 5.75 Å². The summed E-state index contributed by atoms with van der Waals surface area (Å²) in [6.07, 6.45) is 1.69. The summed E-state index contributed by atoms with van der Waals surface area (Å²) in [5.41, 5.74) is 3.25. The minimum Gasteiger partial charge on any atom is -0.489 e. The number of aliphatic hydroxyl groups is 1. The van der Waals surface area contributed by atoms with Gasteiger partial charge >= 0.3 is 0 Å². The van der Waals surface area contributed by atoms with Gasteiger partial charge in [0.2, 0.25) is 0 Å². The highest BCUT2D eigenvalue weighted by Crippen LogP contribution is 2.24. The summed E-state index contributed by atoms with van der Waals surface area (Å²) in [7, 11) is -3.40. The van der Waals surface area contributed by atoms with Crippen LogP contribution in [-0.2, 0) is 29.4 Å². The lowest BCUT2D eigenvalue weighted by atomic mass is 10.1. The van der Waals surface area contributed by atoms with E-state index in [4.69, 9.17) is 21.4 Å². The standard InChI is InChI=1S/C26H28BrClN2O5S/c1-36(33,34)22-6-7-23(24(28)15-22)26(32)30-10-9-18-3-2-4-19(13-18)17-35-25-8-5-21(27)14-20(25)16-29-11-12-31/h2-8,13-15,29,31H,9-12,16-17H2,1H3,(H,30,32). The molecule has 10 heteroatoms. The molecule has 3 N–H and O–H groups in total. The number of aliphatic hydroxyl groups excluding tert-OH is 1. The van der Waals surface area contributed by atoms with Gasteiger partial charge in [-0.05, 0) is 53.9 Å². The fourth-order valence-electron chi connectivity index (χ4n) is 3.49. The molecule has 0 radical (unpaired) electrons. The van der Waals surface area contributed by atoms with Crippen LogP contribution < -0.4 is 15.4 Å². The molecule has 0 fully saturated rings.